The summed E-state index contributed by atoms with van der Waals surface area (Å²) in [5, 5.41) is 4.46. The van der Waals surface area contributed by atoms with Crippen LogP contribution in [0, 0.1) is 5.41 Å². The zero-order chi connectivity index (χ0) is 15.6. The van der Waals surface area contributed by atoms with Gasteiger partial charge in [-0.25, -0.2) is 0 Å². The number of ketones is 1. The number of benzene rings is 1. The number of carbonyl (C=O) groups excluding carboxylic acids is 1. The Balaban J connectivity index is 2.26. The van der Waals surface area contributed by atoms with Crippen LogP contribution >= 0.6 is 11.6 Å². The molecule has 1 heterocycles. The molecule has 0 saturated heterocycles. The highest BCUT2D eigenvalue weighted by molar-refractivity contribution is 6.30. The lowest BCUT2D eigenvalue weighted by molar-refractivity contribution is -0.125. The van der Waals surface area contributed by atoms with Gasteiger partial charge in [0.05, 0.1) is 19.1 Å². The Hall–Kier alpha value is -1.88. The molecule has 0 N–H and O–H groups in total. The summed E-state index contributed by atoms with van der Waals surface area (Å²) < 4.78 is 10.4. The van der Waals surface area contributed by atoms with Crippen molar-refractivity contribution in [3.63, 3.8) is 0 Å². The van der Waals surface area contributed by atoms with Crippen LogP contribution in [0.1, 0.15) is 26.7 Å². The second-order valence-electron chi connectivity index (χ2n) is 5.71. The van der Waals surface area contributed by atoms with Crippen molar-refractivity contribution in [3.8, 4) is 17.1 Å². The molecule has 0 fully saturated rings. The molecule has 2 rings (SSSR count). The van der Waals surface area contributed by atoms with Crippen LogP contribution in [-0.4, -0.2) is 23.0 Å². The highest BCUT2D eigenvalue weighted by Gasteiger charge is 2.24. The summed E-state index contributed by atoms with van der Waals surface area (Å²) in [6.45, 7) is 5.57. The molecule has 21 heavy (non-hydrogen) atoms. The molecule has 1 aromatic heterocycles. The van der Waals surface area contributed by atoms with Gasteiger partial charge in [0.2, 0.25) is 11.7 Å². The standard InChI is InChI=1S/C15H17ClN2O3/c1-15(2,3)12(19)8-13-17-14(18-21-13)10-6-5-9(16)7-11(10)20-4/h5-7H,8H2,1-4H3. The summed E-state index contributed by atoms with van der Waals surface area (Å²) in [5.41, 5.74) is 0.229. The summed E-state index contributed by atoms with van der Waals surface area (Å²) in [6, 6.07) is 5.14. The fourth-order valence-electron chi connectivity index (χ4n) is 1.69. The van der Waals surface area contributed by atoms with Crippen LogP contribution in [-0.2, 0) is 11.2 Å². The first-order valence-electron chi connectivity index (χ1n) is 6.51. The average Bonchev–Trinajstić information content (AvgIpc) is 2.85. The van der Waals surface area contributed by atoms with Gasteiger partial charge in [-0.15, -0.1) is 0 Å². The number of ether oxygens (including phenoxy) is 1. The quantitative estimate of drug-likeness (QED) is 0.864. The molecule has 5 nitrogen and oxygen atoms in total. The normalized spacial score (nSPS) is 11.5. The van der Waals surface area contributed by atoms with Crippen LogP contribution in [0.4, 0.5) is 0 Å². The van der Waals surface area contributed by atoms with Gasteiger partial charge in [0, 0.05) is 10.4 Å². The van der Waals surface area contributed by atoms with Crippen molar-refractivity contribution in [2.24, 2.45) is 5.41 Å². The first-order chi connectivity index (χ1) is 9.81. The molecule has 0 radical (unpaired) electrons. The molecule has 0 aliphatic carbocycles. The van der Waals surface area contributed by atoms with E-state index < -0.39 is 5.41 Å². The predicted molar refractivity (Wildman–Crippen MR) is 79.5 cm³/mol. The van der Waals surface area contributed by atoms with Gasteiger partial charge in [-0.3, -0.25) is 4.79 Å². The zero-order valence-corrected chi connectivity index (χ0v) is 13.2. The van der Waals surface area contributed by atoms with Crippen molar-refractivity contribution in [2.45, 2.75) is 27.2 Å². The molecule has 0 aliphatic rings. The third-order valence-corrected chi connectivity index (χ3v) is 3.26. The van der Waals surface area contributed by atoms with Gasteiger partial charge in [-0.1, -0.05) is 37.5 Å². The second kappa shape index (κ2) is 5.85. The van der Waals surface area contributed by atoms with Crippen LogP contribution in [0.15, 0.2) is 22.7 Å². The van der Waals surface area contributed by atoms with Crippen molar-refractivity contribution in [2.75, 3.05) is 7.11 Å². The van der Waals surface area contributed by atoms with E-state index in [1.807, 2.05) is 20.8 Å². The number of hydrogen-bond donors (Lipinski definition) is 0. The van der Waals surface area contributed by atoms with E-state index >= 15 is 0 Å². The summed E-state index contributed by atoms with van der Waals surface area (Å²) in [4.78, 5) is 16.2. The van der Waals surface area contributed by atoms with E-state index in [4.69, 9.17) is 20.9 Å². The molecule has 2 aromatic rings. The van der Waals surface area contributed by atoms with Crippen LogP contribution in [0.2, 0.25) is 5.02 Å². The molecular weight excluding hydrogens is 292 g/mol. The number of rotatable bonds is 4. The van der Waals surface area contributed by atoms with Crippen molar-refractivity contribution < 1.29 is 14.1 Å². The summed E-state index contributed by atoms with van der Waals surface area (Å²) in [5.74, 6) is 1.26. The first-order valence-corrected chi connectivity index (χ1v) is 6.89. The molecule has 6 heteroatoms. The van der Waals surface area contributed by atoms with E-state index in [0.717, 1.165) is 0 Å². The molecule has 0 unspecified atom stereocenters. The number of halogens is 1. The minimum absolute atomic E-state index is 0.0424. The average molecular weight is 309 g/mol. The van der Waals surface area contributed by atoms with E-state index in [2.05, 4.69) is 10.1 Å². The number of carbonyl (C=O) groups is 1. The van der Waals surface area contributed by atoms with Gasteiger partial charge in [0.1, 0.15) is 11.5 Å². The van der Waals surface area contributed by atoms with E-state index in [1.54, 1.807) is 25.3 Å². The maximum Gasteiger partial charge on any atom is 0.234 e. The Labute approximate surface area is 128 Å². The number of hydrogen-bond acceptors (Lipinski definition) is 5. The van der Waals surface area contributed by atoms with Crippen LogP contribution < -0.4 is 4.74 Å². The molecule has 0 aliphatic heterocycles. The Morgan fingerprint density at radius 1 is 1.38 bits per heavy atom. The molecule has 112 valence electrons. The van der Waals surface area contributed by atoms with Gasteiger partial charge < -0.3 is 9.26 Å². The van der Waals surface area contributed by atoms with Crippen LogP contribution in [0.25, 0.3) is 11.4 Å². The second-order valence-corrected chi connectivity index (χ2v) is 6.14. The molecule has 0 amide bonds. The fourth-order valence-corrected chi connectivity index (χ4v) is 1.85. The van der Waals surface area contributed by atoms with Gasteiger partial charge in [0.15, 0.2) is 0 Å². The van der Waals surface area contributed by atoms with Gasteiger partial charge in [0.25, 0.3) is 0 Å². The van der Waals surface area contributed by atoms with Gasteiger partial charge in [-0.05, 0) is 18.2 Å². The molecule has 0 spiro atoms. The lowest BCUT2D eigenvalue weighted by Crippen LogP contribution is -2.22. The Bertz CT molecular complexity index is 659. The lowest BCUT2D eigenvalue weighted by Gasteiger charge is -2.14. The van der Waals surface area contributed by atoms with Crippen molar-refractivity contribution >= 4 is 17.4 Å². The van der Waals surface area contributed by atoms with E-state index in [1.165, 1.54) is 0 Å². The topological polar surface area (TPSA) is 65.2 Å². The number of nitrogens with zero attached hydrogens (tertiary/aromatic N) is 2. The zero-order valence-electron chi connectivity index (χ0n) is 12.4. The van der Waals surface area contributed by atoms with Crippen molar-refractivity contribution in [1.29, 1.82) is 0 Å². The summed E-state index contributed by atoms with van der Waals surface area (Å²) in [6.07, 6.45) is 0.117. The molecule has 0 atom stereocenters. The maximum atomic E-state index is 12.0. The molecular formula is C15H17ClN2O3. The largest absolute Gasteiger partial charge is 0.496 e. The van der Waals surface area contributed by atoms with Crippen LogP contribution in [0.3, 0.4) is 0 Å². The first kappa shape index (κ1) is 15.5. The van der Waals surface area contributed by atoms with Gasteiger partial charge >= 0.3 is 0 Å². The lowest BCUT2D eigenvalue weighted by atomic mass is 9.89. The fraction of sp³-hybridized carbons (Fsp3) is 0.400. The summed E-state index contributed by atoms with van der Waals surface area (Å²) >= 11 is 5.92. The van der Waals surface area contributed by atoms with E-state index in [9.17, 15) is 4.79 Å². The highest BCUT2D eigenvalue weighted by atomic mass is 35.5. The van der Waals surface area contributed by atoms with Crippen LogP contribution in [0.5, 0.6) is 5.75 Å². The SMILES string of the molecule is COc1cc(Cl)ccc1-c1noc(CC(=O)C(C)(C)C)n1. The molecule has 0 bridgehead atoms. The number of Topliss-reactive ketones (excluding diaryl/α,β-unsaturated/α-hetero) is 1. The van der Waals surface area contributed by atoms with Crippen molar-refractivity contribution in [1.82, 2.24) is 10.1 Å². The smallest absolute Gasteiger partial charge is 0.234 e. The minimum atomic E-state index is -0.438. The Kier molecular flexibility index (Phi) is 4.32. The third kappa shape index (κ3) is 3.61. The van der Waals surface area contributed by atoms with E-state index in [0.29, 0.717) is 28.1 Å². The highest BCUT2D eigenvalue weighted by Crippen LogP contribution is 2.30. The molecule has 1 aromatic carbocycles. The predicted octanol–water partition coefficient (Wildman–Crippen LogP) is 3.56. The Morgan fingerprint density at radius 2 is 2.10 bits per heavy atom. The molecule has 0 saturated carbocycles. The summed E-state index contributed by atoms with van der Waals surface area (Å²) in [7, 11) is 1.54. The van der Waals surface area contributed by atoms with Crippen molar-refractivity contribution in [3.05, 3.63) is 29.1 Å². The third-order valence-electron chi connectivity index (χ3n) is 3.02. The minimum Gasteiger partial charge on any atom is -0.496 e. The van der Waals surface area contributed by atoms with Gasteiger partial charge in [-0.2, -0.15) is 4.98 Å². The monoisotopic (exact) mass is 308 g/mol. The Morgan fingerprint density at radius 3 is 2.71 bits per heavy atom. The number of methoxy groups -OCH3 is 1. The number of aromatic nitrogens is 2. The van der Waals surface area contributed by atoms with E-state index in [-0.39, 0.29) is 12.2 Å². The maximum absolute atomic E-state index is 12.0.